The van der Waals surface area contributed by atoms with E-state index in [-0.39, 0.29) is 5.91 Å². The van der Waals surface area contributed by atoms with Gasteiger partial charge in [-0.05, 0) is 43.5 Å². The van der Waals surface area contributed by atoms with Crippen molar-refractivity contribution in [2.45, 2.75) is 25.7 Å². The predicted molar refractivity (Wildman–Crippen MR) is 99.2 cm³/mol. The van der Waals surface area contributed by atoms with Crippen molar-refractivity contribution in [1.82, 2.24) is 14.3 Å². The van der Waals surface area contributed by atoms with Gasteiger partial charge >= 0.3 is 0 Å². The number of ether oxygens (including phenoxy) is 1. The van der Waals surface area contributed by atoms with Gasteiger partial charge in [-0.25, -0.2) is 4.98 Å². The molecule has 1 amide bonds. The van der Waals surface area contributed by atoms with Gasteiger partial charge in [0.25, 0.3) is 0 Å². The number of likely N-dealkylation sites (tertiary alicyclic amines) is 1. The minimum absolute atomic E-state index is 0.271. The van der Waals surface area contributed by atoms with E-state index in [1.807, 2.05) is 29.2 Å². The Hall–Kier alpha value is -2.34. The SMILES string of the molecule is COc1ccc(-c2cn3c(CCC(=O)N4CCCC4)csc3n2)cc1. The van der Waals surface area contributed by atoms with Crippen molar-refractivity contribution in [1.29, 1.82) is 0 Å². The number of aryl methyl sites for hydroxylation is 1. The number of hydrogen-bond acceptors (Lipinski definition) is 4. The molecule has 1 aliphatic rings. The summed E-state index contributed by atoms with van der Waals surface area (Å²) < 4.78 is 7.32. The number of fused-ring (bicyclic) bond motifs is 1. The zero-order valence-electron chi connectivity index (χ0n) is 14.3. The predicted octanol–water partition coefficient (Wildman–Crippen LogP) is 3.63. The first-order chi connectivity index (χ1) is 12.2. The van der Waals surface area contributed by atoms with E-state index >= 15 is 0 Å². The Morgan fingerprint density at radius 1 is 1.24 bits per heavy atom. The van der Waals surface area contributed by atoms with Crippen molar-refractivity contribution in [3.8, 4) is 17.0 Å². The molecular formula is C19H21N3O2S. The molecule has 5 nitrogen and oxygen atoms in total. The van der Waals surface area contributed by atoms with E-state index in [4.69, 9.17) is 9.72 Å². The molecular weight excluding hydrogens is 334 g/mol. The first kappa shape index (κ1) is 16.1. The summed E-state index contributed by atoms with van der Waals surface area (Å²) in [6.07, 6.45) is 5.67. The highest BCUT2D eigenvalue weighted by Gasteiger charge is 2.18. The van der Waals surface area contributed by atoms with Crippen molar-refractivity contribution >= 4 is 22.2 Å². The smallest absolute Gasteiger partial charge is 0.222 e. The lowest BCUT2D eigenvalue weighted by atomic mass is 10.1. The minimum Gasteiger partial charge on any atom is -0.497 e. The van der Waals surface area contributed by atoms with Crippen LogP contribution in [-0.4, -0.2) is 40.4 Å². The van der Waals surface area contributed by atoms with Crippen LogP contribution in [0.15, 0.2) is 35.8 Å². The quantitative estimate of drug-likeness (QED) is 0.702. The van der Waals surface area contributed by atoms with E-state index < -0.39 is 0 Å². The molecule has 0 N–H and O–H groups in total. The van der Waals surface area contributed by atoms with Gasteiger partial charge in [-0.15, -0.1) is 11.3 Å². The van der Waals surface area contributed by atoms with Crippen LogP contribution in [0.3, 0.4) is 0 Å². The fourth-order valence-electron chi connectivity index (χ4n) is 3.27. The van der Waals surface area contributed by atoms with Crippen LogP contribution >= 0.6 is 11.3 Å². The molecule has 2 aromatic heterocycles. The summed E-state index contributed by atoms with van der Waals surface area (Å²) in [5.41, 5.74) is 3.16. The largest absolute Gasteiger partial charge is 0.497 e. The third-order valence-electron chi connectivity index (χ3n) is 4.72. The highest BCUT2D eigenvalue weighted by Crippen LogP contribution is 2.26. The summed E-state index contributed by atoms with van der Waals surface area (Å²) in [4.78, 5) is 19.9. The fraction of sp³-hybridized carbons (Fsp3) is 0.368. The number of benzene rings is 1. The first-order valence-electron chi connectivity index (χ1n) is 8.62. The minimum atomic E-state index is 0.271. The van der Waals surface area contributed by atoms with Crippen LogP contribution in [0.5, 0.6) is 5.75 Å². The van der Waals surface area contributed by atoms with E-state index in [9.17, 15) is 4.79 Å². The second-order valence-electron chi connectivity index (χ2n) is 6.32. The van der Waals surface area contributed by atoms with Crippen LogP contribution in [0, 0.1) is 0 Å². The van der Waals surface area contributed by atoms with Gasteiger partial charge in [0.2, 0.25) is 5.91 Å². The summed E-state index contributed by atoms with van der Waals surface area (Å²) in [5, 5.41) is 2.11. The van der Waals surface area contributed by atoms with Gasteiger partial charge in [-0.2, -0.15) is 0 Å². The normalized spacial score (nSPS) is 14.4. The number of methoxy groups -OCH3 is 1. The number of carbonyl (C=O) groups excluding carboxylic acids is 1. The van der Waals surface area contributed by atoms with Crippen LogP contribution < -0.4 is 4.74 Å². The van der Waals surface area contributed by atoms with Crippen LogP contribution in [0.25, 0.3) is 16.2 Å². The number of carbonyl (C=O) groups is 1. The van der Waals surface area contributed by atoms with E-state index in [1.165, 1.54) is 0 Å². The molecule has 3 heterocycles. The molecule has 1 aliphatic heterocycles. The number of amides is 1. The molecule has 3 aromatic rings. The molecule has 1 fully saturated rings. The van der Waals surface area contributed by atoms with Gasteiger partial charge in [0.15, 0.2) is 4.96 Å². The molecule has 25 heavy (non-hydrogen) atoms. The van der Waals surface area contributed by atoms with Gasteiger partial charge in [0.1, 0.15) is 5.75 Å². The second kappa shape index (κ2) is 6.88. The van der Waals surface area contributed by atoms with Crippen molar-refractivity contribution in [3.63, 3.8) is 0 Å². The van der Waals surface area contributed by atoms with Gasteiger partial charge in [0.05, 0.1) is 12.8 Å². The number of imidazole rings is 1. The van der Waals surface area contributed by atoms with E-state index in [1.54, 1.807) is 18.4 Å². The standard InChI is InChI=1S/C19H21N3O2S/c1-24-16-7-4-14(5-8-16)17-12-22-15(13-25-19(22)20-17)6-9-18(23)21-10-2-3-11-21/h4-5,7-8,12-13H,2-3,6,9-11H2,1H3. The summed E-state index contributed by atoms with van der Waals surface area (Å²) in [5.74, 6) is 1.11. The Kier molecular flexibility index (Phi) is 4.44. The molecule has 0 saturated carbocycles. The molecule has 0 spiro atoms. The Labute approximate surface area is 150 Å². The van der Waals surface area contributed by atoms with Gasteiger partial charge in [0, 0.05) is 42.3 Å². The number of rotatable bonds is 5. The molecule has 130 valence electrons. The lowest BCUT2D eigenvalue weighted by Crippen LogP contribution is -2.27. The molecule has 1 saturated heterocycles. The van der Waals surface area contributed by atoms with Crippen molar-refractivity contribution < 1.29 is 9.53 Å². The lowest BCUT2D eigenvalue weighted by Gasteiger charge is -2.14. The number of thiazole rings is 1. The zero-order valence-corrected chi connectivity index (χ0v) is 15.1. The maximum atomic E-state index is 12.3. The van der Waals surface area contributed by atoms with Crippen LogP contribution in [0.4, 0.5) is 0 Å². The molecule has 1 aromatic carbocycles. The maximum Gasteiger partial charge on any atom is 0.222 e. The van der Waals surface area contributed by atoms with Crippen LogP contribution in [-0.2, 0) is 11.2 Å². The van der Waals surface area contributed by atoms with Crippen LogP contribution in [0.1, 0.15) is 25.0 Å². The Balaban J connectivity index is 1.50. The lowest BCUT2D eigenvalue weighted by molar-refractivity contribution is -0.130. The molecule has 0 atom stereocenters. The van der Waals surface area contributed by atoms with Crippen LogP contribution in [0.2, 0.25) is 0 Å². The number of aromatic nitrogens is 2. The summed E-state index contributed by atoms with van der Waals surface area (Å²) in [6, 6.07) is 7.92. The highest BCUT2D eigenvalue weighted by molar-refractivity contribution is 7.15. The molecule has 0 radical (unpaired) electrons. The highest BCUT2D eigenvalue weighted by atomic mass is 32.1. The average Bonchev–Trinajstić information content (AvgIpc) is 3.37. The average molecular weight is 355 g/mol. The molecule has 4 rings (SSSR count). The summed E-state index contributed by atoms with van der Waals surface area (Å²) in [6.45, 7) is 1.84. The molecule has 0 aliphatic carbocycles. The van der Waals surface area contributed by atoms with Crippen molar-refractivity contribution in [3.05, 3.63) is 41.5 Å². The maximum absolute atomic E-state index is 12.3. The van der Waals surface area contributed by atoms with E-state index in [0.717, 1.165) is 60.0 Å². The summed E-state index contributed by atoms with van der Waals surface area (Å²) >= 11 is 1.62. The van der Waals surface area contributed by atoms with E-state index in [0.29, 0.717) is 6.42 Å². The Bertz CT molecular complexity index is 876. The molecule has 0 bridgehead atoms. The van der Waals surface area contributed by atoms with E-state index in [2.05, 4.69) is 16.0 Å². The zero-order chi connectivity index (χ0) is 17.2. The monoisotopic (exact) mass is 355 g/mol. The van der Waals surface area contributed by atoms with Crippen molar-refractivity contribution in [2.75, 3.05) is 20.2 Å². The molecule has 6 heteroatoms. The fourth-order valence-corrected chi connectivity index (χ4v) is 4.18. The molecule has 0 unspecified atom stereocenters. The third-order valence-corrected chi connectivity index (χ3v) is 5.61. The Morgan fingerprint density at radius 2 is 2.00 bits per heavy atom. The van der Waals surface area contributed by atoms with Gasteiger partial charge in [-0.3, -0.25) is 9.20 Å². The summed E-state index contributed by atoms with van der Waals surface area (Å²) in [7, 11) is 1.66. The topological polar surface area (TPSA) is 46.8 Å². The second-order valence-corrected chi connectivity index (χ2v) is 7.16. The number of nitrogens with zero attached hydrogens (tertiary/aromatic N) is 3. The Morgan fingerprint density at radius 3 is 2.72 bits per heavy atom. The van der Waals surface area contributed by atoms with Gasteiger partial charge in [-0.1, -0.05) is 0 Å². The third kappa shape index (κ3) is 3.26. The first-order valence-corrected chi connectivity index (χ1v) is 9.50. The van der Waals surface area contributed by atoms with Crippen molar-refractivity contribution in [2.24, 2.45) is 0 Å². The number of hydrogen-bond donors (Lipinski definition) is 0. The van der Waals surface area contributed by atoms with Gasteiger partial charge < -0.3 is 9.64 Å².